The lowest BCUT2D eigenvalue weighted by Gasteiger charge is -2.17. The van der Waals surface area contributed by atoms with E-state index in [1.54, 1.807) is 12.1 Å². The highest BCUT2D eigenvalue weighted by Crippen LogP contribution is 2.16. The first kappa shape index (κ1) is 15.4. The van der Waals surface area contributed by atoms with Crippen molar-refractivity contribution in [3.8, 4) is 5.75 Å². The molecule has 2 rings (SSSR count). The maximum Gasteiger partial charge on any atom is 0.387 e. The van der Waals surface area contributed by atoms with Crippen molar-refractivity contribution in [3.05, 3.63) is 65.7 Å². The van der Waals surface area contributed by atoms with Crippen molar-refractivity contribution in [2.75, 3.05) is 6.61 Å². The molecule has 0 amide bonds. The summed E-state index contributed by atoms with van der Waals surface area (Å²) in [6, 6.07) is 15.9. The summed E-state index contributed by atoms with van der Waals surface area (Å²) in [5, 5.41) is 12.7. The van der Waals surface area contributed by atoms with Gasteiger partial charge in [0.1, 0.15) is 5.75 Å². The summed E-state index contributed by atoms with van der Waals surface area (Å²) < 4.78 is 28.4. The molecule has 2 N–H and O–H groups in total. The molecule has 0 saturated heterocycles. The van der Waals surface area contributed by atoms with Crippen LogP contribution in [0, 0.1) is 0 Å². The summed E-state index contributed by atoms with van der Waals surface area (Å²) in [6.07, 6.45) is 0. The second-order valence-electron chi connectivity index (χ2n) is 4.55. The smallest absolute Gasteiger partial charge is 0.387 e. The summed E-state index contributed by atoms with van der Waals surface area (Å²) in [5.74, 6) is 0.135. The maximum absolute atomic E-state index is 12.0. The van der Waals surface area contributed by atoms with Gasteiger partial charge in [0.2, 0.25) is 0 Å². The Morgan fingerprint density at radius 3 is 2.24 bits per heavy atom. The number of benzene rings is 2. The van der Waals surface area contributed by atoms with E-state index < -0.39 is 6.61 Å². The molecule has 1 atom stereocenters. The Hall–Kier alpha value is -1.98. The normalized spacial score (nSPS) is 12.4. The van der Waals surface area contributed by atoms with Crippen LogP contribution in [0.3, 0.4) is 0 Å². The monoisotopic (exact) mass is 293 g/mol. The number of aliphatic hydroxyl groups is 1. The Balaban J connectivity index is 1.92. The number of hydrogen-bond acceptors (Lipinski definition) is 3. The molecule has 0 spiro atoms. The summed E-state index contributed by atoms with van der Waals surface area (Å²) in [6.45, 7) is -2.31. The molecule has 0 heterocycles. The van der Waals surface area contributed by atoms with Gasteiger partial charge in [-0.2, -0.15) is 8.78 Å². The van der Waals surface area contributed by atoms with Gasteiger partial charge in [-0.15, -0.1) is 0 Å². The largest absolute Gasteiger partial charge is 0.435 e. The summed E-state index contributed by atoms with van der Waals surface area (Å²) in [5.41, 5.74) is 1.92. The number of aliphatic hydroxyl groups excluding tert-OH is 1. The molecular weight excluding hydrogens is 276 g/mol. The molecular formula is C16H17F2NO2. The molecule has 0 aromatic heterocycles. The van der Waals surface area contributed by atoms with Crippen LogP contribution in [0.15, 0.2) is 54.6 Å². The van der Waals surface area contributed by atoms with Crippen molar-refractivity contribution < 1.29 is 18.6 Å². The number of rotatable bonds is 7. The van der Waals surface area contributed by atoms with E-state index >= 15 is 0 Å². The van der Waals surface area contributed by atoms with Gasteiger partial charge in [0, 0.05) is 6.54 Å². The summed E-state index contributed by atoms with van der Waals surface area (Å²) >= 11 is 0. The summed E-state index contributed by atoms with van der Waals surface area (Å²) in [7, 11) is 0. The number of hydrogen-bond donors (Lipinski definition) is 2. The molecule has 2 aromatic carbocycles. The molecule has 0 radical (unpaired) electrons. The predicted molar refractivity (Wildman–Crippen MR) is 76.2 cm³/mol. The number of nitrogens with one attached hydrogen (secondary N) is 1. The van der Waals surface area contributed by atoms with Gasteiger partial charge >= 0.3 is 6.61 Å². The van der Waals surface area contributed by atoms with Crippen molar-refractivity contribution in [1.29, 1.82) is 0 Å². The molecule has 0 aliphatic rings. The van der Waals surface area contributed by atoms with E-state index in [4.69, 9.17) is 0 Å². The van der Waals surface area contributed by atoms with Crippen molar-refractivity contribution >= 4 is 0 Å². The molecule has 0 saturated carbocycles. The van der Waals surface area contributed by atoms with Crippen LogP contribution < -0.4 is 10.1 Å². The van der Waals surface area contributed by atoms with E-state index in [0.717, 1.165) is 11.1 Å². The quantitative estimate of drug-likeness (QED) is 0.824. The molecule has 0 aliphatic heterocycles. The Labute approximate surface area is 122 Å². The first-order valence-corrected chi connectivity index (χ1v) is 6.62. The SMILES string of the molecule is OCC(NCc1ccc(OC(F)F)cc1)c1ccccc1. The first-order valence-electron chi connectivity index (χ1n) is 6.62. The molecule has 0 fully saturated rings. The van der Waals surface area contributed by atoms with Crippen LogP contribution in [0.2, 0.25) is 0 Å². The highest BCUT2D eigenvalue weighted by Gasteiger charge is 2.09. The van der Waals surface area contributed by atoms with Gasteiger partial charge < -0.3 is 15.2 Å². The van der Waals surface area contributed by atoms with E-state index in [-0.39, 0.29) is 18.4 Å². The van der Waals surface area contributed by atoms with Crippen LogP contribution in [0.5, 0.6) is 5.75 Å². The van der Waals surface area contributed by atoms with Gasteiger partial charge in [0.15, 0.2) is 0 Å². The van der Waals surface area contributed by atoms with Crippen molar-refractivity contribution in [3.63, 3.8) is 0 Å². The van der Waals surface area contributed by atoms with Gasteiger partial charge in [-0.25, -0.2) is 0 Å². The van der Waals surface area contributed by atoms with E-state index in [9.17, 15) is 13.9 Å². The lowest BCUT2D eigenvalue weighted by Crippen LogP contribution is -2.23. The highest BCUT2D eigenvalue weighted by atomic mass is 19.3. The second-order valence-corrected chi connectivity index (χ2v) is 4.55. The van der Waals surface area contributed by atoms with Crippen LogP contribution in [-0.2, 0) is 6.54 Å². The lowest BCUT2D eigenvalue weighted by atomic mass is 10.1. The Morgan fingerprint density at radius 1 is 1.00 bits per heavy atom. The van der Waals surface area contributed by atoms with Crippen LogP contribution >= 0.6 is 0 Å². The van der Waals surface area contributed by atoms with Gasteiger partial charge in [-0.3, -0.25) is 0 Å². The minimum absolute atomic E-state index is 0.0173. The van der Waals surface area contributed by atoms with Crippen LogP contribution in [0.4, 0.5) is 8.78 Å². The molecule has 5 heteroatoms. The van der Waals surface area contributed by atoms with Crippen LogP contribution in [0.1, 0.15) is 17.2 Å². The van der Waals surface area contributed by atoms with E-state index in [0.29, 0.717) is 6.54 Å². The fourth-order valence-electron chi connectivity index (χ4n) is 2.00. The Kier molecular flexibility index (Phi) is 5.66. The minimum Gasteiger partial charge on any atom is -0.435 e. The topological polar surface area (TPSA) is 41.5 Å². The van der Waals surface area contributed by atoms with Gasteiger partial charge in [0.05, 0.1) is 12.6 Å². The lowest BCUT2D eigenvalue weighted by molar-refractivity contribution is -0.0498. The first-order chi connectivity index (χ1) is 10.2. The molecule has 21 heavy (non-hydrogen) atoms. The minimum atomic E-state index is -2.81. The van der Waals surface area contributed by atoms with E-state index in [1.165, 1.54) is 12.1 Å². The van der Waals surface area contributed by atoms with Gasteiger partial charge in [0.25, 0.3) is 0 Å². The fourth-order valence-corrected chi connectivity index (χ4v) is 2.00. The molecule has 2 aromatic rings. The molecule has 3 nitrogen and oxygen atoms in total. The fraction of sp³-hybridized carbons (Fsp3) is 0.250. The zero-order valence-electron chi connectivity index (χ0n) is 11.4. The Bertz CT molecular complexity index is 532. The standard InChI is InChI=1S/C16H17F2NO2/c17-16(18)21-14-8-6-12(7-9-14)10-19-15(11-20)13-4-2-1-3-5-13/h1-9,15-16,19-20H,10-11H2. The van der Waals surface area contributed by atoms with Gasteiger partial charge in [-0.05, 0) is 23.3 Å². The molecule has 1 unspecified atom stereocenters. The highest BCUT2D eigenvalue weighted by molar-refractivity contribution is 5.27. The average Bonchev–Trinajstić information content (AvgIpc) is 2.50. The Morgan fingerprint density at radius 2 is 1.67 bits per heavy atom. The predicted octanol–water partition coefficient (Wildman–Crippen LogP) is 3.11. The zero-order valence-corrected chi connectivity index (χ0v) is 11.4. The van der Waals surface area contributed by atoms with Crippen molar-refractivity contribution in [2.45, 2.75) is 19.2 Å². The van der Waals surface area contributed by atoms with Crippen LogP contribution in [0.25, 0.3) is 0 Å². The number of alkyl halides is 2. The third-order valence-electron chi connectivity index (χ3n) is 3.09. The second kappa shape index (κ2) is 7.71. The number of ether oxygens (including phenoxy) is 1. The average molecular weight is 293 g/mol. The molecule has 112 valence electrons. The molecule has 0 bridgehead atoms. The van der Waals surface area contributed by atoms with Gasteiger partial charge in [-0.1, -0.05) is 42.5 Å². The number of halogens is 2. The maximum atomic E-state index is 12.0. The van der Waals surface area contributed by atoms with Crippen molar-refractivity contribution in [1.82, 2.24) is 5.32 Å². The van der Waals surface area contributed by atoms with E-state index in [1.807, 2.05) is 30.3 Å². The van der Waals surface area contributed by atoms with E-state index in [2.05, 4.69) is 10.1 Å². The van der Waals surface area contributed by atoms with Crippen LogP contribution in [-0.4, -0.2) is 18.3 Å². The third-order valence-corrected chi connectivity index (χ3v) is 3.09. The third kappa shape index (κ3) is 4.81. The zero-order chi connectivity index (χ0) is 15.1. The molecule has 0 aliphatic carbocycles. The van der Waals surface area contributed by atoms with Crippen molar-refractivity contribution in [2.24, 2.45) is 0 Å². The summed E-state index contributed by atoms with van der Waals surface area (Å²) in [4.78, 5) is 0.